The Morgan fingerprint density at radius 2 is 2.17 bits per heavy atom. The van der Waals surface area contributed by atoms with E-state index >= 15 is 0 Å². The Hall–Kier alpha value is -0.520. The van der Waals surface area contributed by atoms with Gasteiger partial charge in [0.15, 0.2) is 0 Å². The average Bonchev–Trinajstić information content (AvgIpc) is 2.48. The first kappa shape index (κ1) is 9.57. The second-order valence-corrected chi connectivity index (χ2v) is 4.00. The van der Waals surface area contributed by atoms with Crippen LogP contribution in [0.1, 0.15) is 40.0 Å². The molecule has 0 bridgehead atoms. The zero-order valence-corrected chi connectivity index (χ0v) is 8.51. The van der Waals surface area contributed by atoms with E-state index in [1.54, 1.807) is 5.57 Å². The fourth-order valence-corrected chi connectivity index (χ4v) is 1.81. The van der Waals surface area contributed by atoms with Crippen LogP contribution in [-0.2, 0) is 0 Å². The van der Waals surface area contributed by atoms with Gasteiger partial charge in [-0.1, -0.05) is 51.0 Å². The highest BCUT2D eigenvalue weighted by atomic mass is 14.2. The van der Waals surface area contributed by atoms with E-state index in [0.29, 0.717) is 0 Å². The third kappa shape index (κ3) is 2.23. The van der Waals surface area contributed by atoms with Crippen LogP contribution in [0.25, 0.3) is 0 Å². The van der Waals surface area contributed by atoms with Crippen molar-refractivity contribution in [3.63, 3.8) is 0 Å². The Morgan fingerprint density at radius 3 is 2.75 bits per heavy atom. The molecule has 0 N–H and O–H groups in total. The minimum atomic E-state index is 0.733. The lowest BCUT2D eigenvalue weighted by Gasteiger charge is -2.17. The first-order valence-electron chi connectivity index (χ1n) is 5.13. The molecule has 0 aromatic carbocycles. The van der Waals surface area contributed by atoms with E-state index in [4.69, 9.17) is 0 Å². The van der Waals surface area contributed by atoms with Crippen molar-refractivity contribution in [3.8, 4) is 0 Å². The first-order chi connectivity index (χ1) is 5.75. The summed E-state index contributed by atoms with van der Waals surface area (Å²) in [5.41, 5.74) is 1.65. The van der Waals surface area contributed by atoms with Gasteiger partial charge in [-0.3, -0.25) is 0 Å². The molecule has 0 amide bonds. The van der Waals surface area contributed by atoms with Crippen molar-refractivity contribution < 1.29 is 0 Å². The maximum Gasteiger partial charge on any atom is 0.000599 e. The summed E-state index contributed by atoms with van der Waals surface area (Å²) in [5, 5.41) is 0. The van der Waals surface area contributed by atoms with Gasteiger partial charge in [0.05, 0.1) is 0 Å². The number of hydrogen-bond acceptors (Lipinski definition) is 0. The summed E-state index contributed by atoms with van der Waals surface area (Å²) in [5.74, 6) is 1.50. The van der Waals surface area contributed by atoms with Crippen LogP contribution in [-0.4, -0.2) is 0 Å². The molecule has 68 valence electrons. The van der Waals surface area contributed by atoms with Crippen molar-refractivity contribution in [3.05, 3.63) is 23.8 Å². The Labute approximate surface area is 76.4 Å². The van der Waals surface area contributed by atoms with Crippen molar-refractivity contribution in [2.24, 2.45) is 11.8 Å². The van der Waals surface area contributed by atoms with Gasteiger partial charge in [0.1, 0.15) is 0 Å². The molecule has 0 spiro atoms. The number of allylic oxidation sites excluding steroid dienone is 4. The second-order valence-electron chi connectivity index (χ2n) is 4.00. The fourth-order valence-electron chi connectivity index (χ4n) is 1.81. The van der Waals surface area contributed by atoms with E-state index in [-0.39, 0.29) is 0 Å². The summed E-state index contributed by atoms with van der Waals surface area (Å²) in [4.78, 5) is 0. The molecule has 0 saturated carbocycles. The molecule has 1 aliphatic carbocycles. The molecular formula is C12H20. The lowest BCUT2D eigenvalue weighted by molar-refractivity contribution is 0.512. The van der Waals surface area contributed by atoms with Crippen LogP contribution in [0.5, 0.6) is 0 Å². The van der Waals surface area contributed by atoms with Crippen molar-refractivity contribution in [1.82, 2.24) is 0 Å². The van der Waals surface area contributed by atoms with Crippen LogP contribution in [0.4, 0.5) is 0 Å². The van der Waals surface area contributed by atoms with E-state index in [2.05, 4.69) is 39.0 Å². The van der Waals surface area contributed by atoms with Gasteiger partial charge in [-0.2, -0.15) is 0 Å². The van der Waals surface area contributed by atoms with Gasteiger partial charge in [0.25, 0.3) is 0 Å². The van der Waals surface area contributed by atoms with Gasteiger partial charge in [-0.25, -0.2) is 0 Å². The lowest BCUT2D eigenvalue weighted by Crippen LogP contribution is -2.06. The fraction of sp³-hybridized carbons (Fsp3) is 0.667. The molecule has 0 aromatic rings. The molecule has 1 rings (SSSR count). The van der Waals surface area contributed by atoms with Gasteiger partial charge in [-0.05, 0) is 18.8 Å². The summed E-state index contributed by atoms with van der Waals surface area (Å²) < 4.78 is 0. The average molecular weight is 164 g/mol. The lowest BCUT2D eigenvalue weighted by atomic mass is 9.88. The molecule has 0 aromatic heterocycles. The van der Waals surface area contributed by atoms with Crippen molar-refractivity contribution in [2.45, 2.75) is 40.0 Å². The molecular weight excluding hydrogens is 144 g/mol. The van der Waals surface area contributed by atoms with Gasteiger partial charge < -0.3 is 0 Å². The van der Waals surface area contributed by atoms with Gasteiger partial charge in [0, 0.05) is 5.92 Å². The van der Waals surface area contributed by atoms with Crippen LogP contribution in [0.15, 0.2) is 23.8 Å². The van der Waals surface area contributed by atoms with E-state index in [1.165, 1.54) is 19.3 Å². The van der Waals surface area contributed by atoms with Gasteiger partial charge >= 0.3 is 0 Å². The smallest absolute Gasteiger partial charge is 0.000599 e. The quantitative estimate of drug-likeness (QED) is 0.590. The third-order valence-electron chi connectivity index (χ3n) is 2.59. The SMILES string of the molecule is CCCCC1=CC=CC1C(C)C. The Morgan fingerprint density at radius 1 is 1.42 bits per heavy atom. The van der Waals surface area contributed by atoms with Crippen molar-refractivity contribution in [1.29, 1.82) is 0 Å². The Balaban J connectivity index is 2.44. The summed E-state index contributed by atoms with van der Waals surface area (Å²) in [6, 6.07) is 0. The van der Waals surface area contributed by atoms with Crippen LogP contribution in [0, 0.1) is 11.8 Å². The standard InChI is InChI=1S/C12H20/c1-4-5-7-11-8-6-9-12(11)10(2)3/h6,8-10,12H,4-5,7H2,1-3H3. The zero-order valence-electron chi connectivity index (χ0n) is 8.51. The highest BCUT2D eigenvalue weighted by Crippen LogP contribution is 2.29. The molecule has 1 aliphatic rings. The number of rotatable bonds is 4. The molecule has 0 radical (unpaired) electrons. The Kier molecular flexibility index (Phi) is 3.58. The first-order valence-corrected chi connectivity index (χ1v) is 5.13. The summed E-state index contributed by atoms with van der Waals surface area (Å²) >= 11 is 0. The predicted molar refractivity (Wildman–Crippen MR) is 55.1 cm³/mol. The van der Waals surface area contributed by atoms with Gasteiger partial charge in [0.2, 0.25) is 0 Å². The van der Waals surface area contributed by atoms with E-state index in [9.17, 15) is 0 Å². The van der Waals surface area contributed by atoms with E-state index in [0.717, 1.165) is 11.8 Å². The van der Waals surface area contributed by atoms with Crippen molar-refractivity contribution >= 4 is 0 Å². The molecule has 0 saturated heterocycles. The van der Waals surface area contributed by atoms with Gasteiger partial charge in [-0.15, -0.1) is 0 Å². The second kappa shape index (κ2) is 4.49. The number of unbranched alkanes of at least 4 members (excludes halogenated alkanes) is 1. The maximum atomic E-state index is 2.34. The largest absolute Gasteiger partial charge is 0.0771 e. The molecule has 12 heavy (non-hydrogen) atoms. The molecule has 0 heteroatoms. The normalized spacial score (nSPS) is 22.0. The minimum absolute atomic E-state index is 0.733. The molecule has 0 fully saturated rings. The molecule has 1 unspecified atom stereocenters. The summed E-state index contributed by atoms with van der Waals surface area (Å²) in [6.07, 6.45) is 10.8. The molecule has 1 atom stereocenters. The van der Waals surface area contributed by atoms with E-state index in [1.807, 2.05) is 0 Å². The monoisotopic (exact) mass is 164 g/mol. The molecule has 0 aliphatic heterocycles. The summed E-state index contributed by atoms with van der Waals surface area (Å²) in [6.45, 7) is 6.87. The van der Waals surface area contributed by atoms with Crippen LogP contribution in [0.2, 0.25) is 0 Å². The highest BCUT2D eigenvalue weighted by Gasteiger charge is 2.16. The maximum absolute atomic E-state index is 2.34. The highest BCUT2D eigenvalue weighted by molar-refractivity contribution is 5.27. The third-order valence-corrected chi connectivity index (χ3v) is 2.59. The molecule has 0 heterocycles. The van der Waals surface area contributed by atoms with E-state index < -0.39 is 0 Å². The summed E-state index contributed by atoms with van der Waals surface area (Å²) in [7, 11) is 0. The Bertz CT molecular complexity index is 184. The molecule has 0 nitrogen and oxygen atoms in total. The topological polar surface area (TPSA) is 0 Å². The minimum Gasteiger partial charge on any atom is -0.0771 e. The van der Waals surface area contributed by atoms with Crippen LogP contribution in [0.3, 0.4) is 0 Å². The number of hydrogen-bond donors (Lipinski definition) is 0. The van der Waals surface area contributed by atoms with Crippen LogP contribution >= 0.6 is 0 Å². The van der Waals surface area contributed by atoms with Crippen molar-refractivity contribution in [2.75, 3.05) is 0 Å². The predicted octanol–water partition coefficient (Wildman–Crippen LogP) is 3.95. The zero-order chi connectivity index (χ0) is 8.97. The van der Waals surface area contributed by atoms with Crippen LogP contribution < -0.4 is 0 Å².